The molecule has 2 rings (SSSR count). The molecular weight excluding hydrogens is 426 g/mol. The van der Waals surface area contributed by atoms with E-state index >= 15 is 0 Å². The first kappa shape index (κ1) is 13.7. The van der Waals surface area contributed by atoms with Crippen LogP contribution < -0.4 is 5.32 Å². The number of rotatable bonds is 2. The van der Waals surface area contributed by atoms with E-state index in [1.165, 1.54) is 0 Å². The van der Waals surface area contributed by atoms with Crippen molar-refractivity contribution in [3.05, 3.63) is 55.0 Å². The van der Waals surface area contributed by atoms with Crippen molar-refractivity contribution in [3.63, 3.8) is 0 Å². The van der Waals surface area contributed by atoms with E-state index in [0.717, 1.165) is 19.4 Å². The fraction of sp³-hybridized carbons (Fsp3) is 0. The summed E-state index contributed by atoms with van der Waals surface area (Å²) in [5.74, 6) is 0. The second-order valence-electron chi connectivity index (χ2n) is 3.56. The van der Waals surface area contributed by atoms with E-state index in [2.05, 4.69) is 49.9 Å². The molecule has 0 fully saturated rings. The van der Waals surface area contributed by atoms with Gasteiger partial charge in [-0.25, -0.2) is 0 Å². The van der Waals surface area contributed by atoms with Crippen LogP contribution in [0.1, 0.15) is 5.56 Å². The zero-order valence-corrected chi connectivity index (χ0v) is 13.5. The van der Waals surface area contributed by atoms with Gasteiger partial charge >= 0.3 is 0 Å². The maximum absolute atomic E-state index is 8.81. The number of nitriles is 1. The topological polar surface area (TPSA) is 35.8 Å². The summed E-state index contributed by atoms with van der Waals surface area (Å²) in [4.78, 5) is 0. The van der Waals surface area contributed by atoms with E-state index in [4.69, 9.17) is 16.9 Å². The lowest BCUT2D eigenvalue weighted by atomic mass is 10.2. The predicted octanol–water partition coefficient (Wildman–Crippen LogP) is 5.32. The minimum Gasteiger partial charge on any atom is -0.354 e. The van der Waals surface area contributed by atoms with Gasteiger partial charge in [0.2, 0.25) is 0 Å². The number of nitrogens with one attached hydrogen (secondary N) is 1. The van der Waals surface area contributed by atoms with Crippen LogP contribution in [0.4, 0.5) is 11.4 Å². The molecule has 0 amide bonds. The van der Waals surface area contributed by atoms with Crippen molar-refractivity contribution in [3.8, 4) is 6.07 Å². The molecule has 0 aliphatic heterocycles. The summed E-state index contributed by atoms with van der Waals surface area (Å²) in [5.41, 5.74) is 2.51. The maximum atomic E-state index is 8.81. The molecule has 2 nitrogen and oxygen atoms in total. The van der Waals surface area contributed by atoms with Crippen LogP contribution >= 0.6 is 50.1 Å². The van der Waals surface area contributed by atoms with Gasteiger partial charge in [-0.15, -0.1) is 0 Å². The molecule has 0 bridgehead atoms. The monoisotopic (exact) mass is 432 g/mol. The minimum absolute atomic E-state index is 0.623. The van der Waals surface area contributed by atoms with Gasteiger partial charge in [-0.2, -0.15) is 5.26 Å². The average molecular weight is 433 g/mol. The van der Waals surface area contributed by atoms with Gasteiger partial charge in [0.25, 0.3) is 0 Å². The highest BCUT2D eigenvalue weighted by atomic mass is 127. The zero-order chi connectivity index (χ0) is 13.1. The first-order chi connectivity index (χ1) is 8.60. The van der Waals surface area contributed by atoms with E-state index in [-0.39, 0.29) is 0 Å². The number of anilines is 2. The lowest BCUT2D eigenvalue weighted by Gasteiger charge is -2.10. The van der Waals surface area contributed by atoms with Crippen LogP contribution in [0.15, 0.2) is 40.9 Å². The van der Waals surface area contributed by atoms with Gasteiger partial charge in [0.1, 0.15) is 0 Å². The molecule has 90 valence electrons. The maximum Gasteiger partial charge on any atom is 0.0992 e. The van der Waals surface area contributed by atoms with Crippen molar-refractivity contribution in [2.45, 2.75) is 0 Å². The molecule has 0 aliphatic rings. The minimum atomic E-state index is 0.623. The summed E-state index contributed by atoms with van der Waals surface area (Å²) in [5, 5.41) is 12.8. The number of nitrogens with zero attached hydrogens (tertiary/aromatic N) is 1. The summed E-state index contributed by atoms with van der Waals surface area (Å²) < 4.78 is 1.89. The van der Waals surface area contributed by atoms with Crippen LogP contribution in [0.5, 0.6) is 0 Å². The van der Waals surface area contributed by atoms with Crippen LogP contribution in [0.25, 0.3) is 0 Å². The Labute approximate surface area is 132 Å². The smallest absolute Gasteiger partial charge is 0.0992 e. The fourth-order valence-electron chi connectivity index (χ4n) is 1.42. The molecule has 0 aromatic heterocycles. The van der Waals surface area contributed by atoms with E-state index in [1.54, 1.807) is 12.1 Å². The Morgan fingerprint density at radius 3 is 2.50 bits per heavy atom. The molecule has 0 heterocycles. The molecule has 0 unspecified atom stereocenters. The summed E-state index contributed by atoms with van der Waals surface area (Å²) >= 11 is 11.6. The summed E-state index contributed by atoms with van der Waals surface area (Å²) in [6.45, 7) is 0. The zero-order valence-electron chi connectivity index (χ0n) is 9.05. The lowest BCUT2D eigenvalue weighted by Crippen LogP contribution is -1.94. The predicted molar refractivity (Wildman–Crippen MR) is 86.3 cm³/mol. The highest BCUT2D eigenvalue weighted by Gasteiger charge is 2.05. The van der Waals surface area contributed by atoms with E-state index < -0.39 is 0 Å². The molecule has 0 aliphatic carbocycles. The molecule has 0 saturated carbocycles. The third-order valence-electron chi connectivity index (χ3n) is 2.30. The number of benzene rings is 2. The van der Waals surface area contributed by atoms with Gasteiger partial charge in [0.05, 0.1) is 23.0 Å². The Balaban J connectivity index is 2.32. The molecule has 0 saturated heterocycles. The molecule has 0 radical (unpaired) electrons. The summed E-state index contributed by atoms with van der Waals surface area (Å²) in [6, 6.07) is 13.2. The second kappa shape index (κ2) is 5.91. The Morgan fingerprint density at radius 1 is 1.17 bits per heavy atom. The van der Waals surface area contributed by atoms with Crippen LogP contribution in [-0.4, -0.2) is 0 Å². The SMILES string of the molecule is N#Cc1ccc(Nc2ccc(Cl)cc2I)c(Br)c1. The van der Waals surface area contributed by atoms with Gasteiger partial charge in [0, 0.05) is 13.1 Å². The quantitative estimate of drug-likeness (QED) is 0.651. The van der Waals surface area contributed by atoms with Crippen LogP contribution in [0, 0.1) is 14.9 Å². The third-order valence-corrected chi connectivity index (χ3v) is 4.08. The first-order valence-electron chi connectivity index (χ1n) is 5.02. The Kier molecular flexibility index (Phi) is 4.49. The Morgan fingerprint density at radius 2 is 1.89 bits per heavy atom. The van der Waals surface area contributed by atoms with Crippen LogP contribution in [0.2, 0.25) is 5.02 Å². The highest BCUT2D eigenvalue weighted by molar-refractivity contribution is 14.1. The van der Waals surface area contributed by atoms with Crippen molar-refractivity contribution in [2.24, 2.45) is 0 Å². The molecule has 2 aromatic rings. The van der Waals surface area contributed by atoms with Gasteiger partial charge in [-0.05, 0) is 74.9 Å². The molecule has 5 heteroatoms. The average Bonchev–Trinajstić information content (AvgIpc) is 2.34. The van der Waals surface area contributed by atoms with Gasteiger partial charge in [-0.3, -0.25) is 0 Å². The van der Waals surface area contributed by atoms with Crippen LogP contribution in [0.3, 0.4) is 0 Å². The van der Waals surface area contributed by atoms with Crippen molar-refractivity contribution in [2.75, 3.05) is 5.32 Å². The molecular formula is C13H7BrClIN2. The van der Waals surface area contributed by atoms with Crippen LogP contribution in [-0.2, 0) is 0 Å². The van der Waals surface area contributed by atoms with E-state index in [1.807, 2.05) is 24.3 Å². The number of hydrogen-bond donors (Lipinski definition) is 1. The highest BCUT2D eigenvalue weighted by Crippen LogP contribution is 2.30. The second-order valence-corrected chi connectivity index (χ2v) is 6.01. The third kappa shape index (κ3) is 3.16. The van der Waals surface area contributed by atoms with E-state index in [0.29, 0.717) is 10.6 Å². The molecule has 1 N–H and O–H groups in total. The van der Waals surface area contributed by atoms with Crippen molar-refractivity contribution in [1.29, 1.82) is 5.26 Å². The van der Waals surface area contributed by atoms with Gasteiger partial charge in [0.15, 0.2) is 0 Å². The molecule has 2 aromatic carbocycles. The summed E-state index contributed by atoms with van der Waals surface area (Å²) in [6.07, 6.45) is 0. The lowest BCUT2D eigenvalue weighted by molar-refractivity contribution is 1.45. The Bertz CT molecular complexity index is 637. The normalized spacial score (nSPS) is 9.89. The molecule has 18 heavy (non-hydrogen) atoms. The van der Waals surface area contributed by atoms with Crippen molar-refractivity contribution >= 4 is 61.5 Å². The summed E-state index contributed by atoms with van der Waals surface area (Å²) in [7, 11) is 0. The van der Waals surface area contributed by atoms with Gasteiger partial charge in [-0.1, -0.05) is 11.6 Å². The number of hydrogen-bond acceptors (Lipinski definition) is 2. The fourth-order valence-corrected chi connectivity index (χ4v) is 2.91. The van der Waals surface area contributed by atoms with E-state index in [9.17, 15) is 0 Å². The van der Waals surface area contributed by atoms with Gasteiger partial charge < -0.3 is 5.32 Å². The molecule has 0 atom stereocenters. The standard InChI is InChI=1S/C13H7BrClIN2/c14-10-5-8(7-17)1-3-12(10)18-13-4-2-9(15)6-11(13)16/h1-6,18H. The van der Waals surface area contributed by atoms with Crippen molar-refractivity contribution in [1.82, 2.24) is 0 Å². The first-order valence-corrected chi connectivity index (χ1v) is 7.27. The Hall–Kier alpha value is -0.770. The van der Waals surface area contributed by atoms with Crippen molar-refractivity contribution < 1.29 is 0 Å². The molecule has 0 spiro atoms. The largest absolute Gasteiger partial charge is 0.354 e. The number of halogens is 3.